The van der Waals surface area contributed by atoms with E-state index in [1.807, 2.05) is 30.3 Å². The Morgan fingerprint density at radius 2 is 1.68 bits per heavy atom. The van der Waals surface area contributed by atoms with Crippen LogP contribution < -0.4 is 5.32 Å². The quantitative estimate of drug-likeness (QED) is 0.737. The normalized spacial score (nSPS) is 9.89. The zero-order chi connectivity index (χ0) is 14.1. The van der Waals surface area contributed by atoms with E-state index in [4.69, 9.17) is 5.11 Å². The number of nitrogens with one attached hydrogen (secondary N) is 1. The standard InChI is InChI=1S/C14H17NO4/c16-12(7-9-14(18)19)10-15-13(17)8-6-11-4-2-1-3-5-11/h1-5H,6-10H2,(H,15,17)(H,18,19). The molecule has 0 bridgehead atoms. The molecule has 1 amide bonds. The summed E-state index contributed by atoms with van der Waals surface area (Å²) in [6, 6.07) is 9.59. The van der Waals surface area contributed by atoms with Crippen molar-refractivity contribution in [2.75, 3.05) is 6.54 Å². The van der Waals surface area contributed by atoms with Crippen LogP contribution in [-0.2, 0) is 20.8 Å². The van der Waals surface area contributed by atoms with Crippen LogP contribution in [-0.4, -0.2) is 29.3 Å². The zero-order valence-corrected chi connectivity index (χ0v) is 10.6. The van der Waals surface area contributed by atoms with Gasteiger partial charge in [0.15, 0.2) is 5.78 Å². The summed E-state index contributed by atoms with van der Waals surface area (Å²) in [6.07, 6.45) is 0.694. The molecule has 0 radical (unpaired) electrons. The van der Waals surface area contributed by atoms with Gasteiger partial charge in [0.05, 0.1) is 13.0 Å². The van der Waals surface area contributed by atoms with Gasteiger partial charge in [-0.3, -0.25) is 14.4 Å². The molecule has 0 saturated carbocycles. The zero-order valence-electron chi connectivity index (χ0n) is 10.6. The number of carboxylic acids is 1. The van der Waals surface area contributed by atoms with Gasteiger partial charge in [0, 0.05) is 12.8 Å². The van der Waals surface area contributed by atoms with Crippen LogP contribution in [0.3, 0.4) is 0 Å². The van der Waals surface area contributed by atoms with Crippen molar-refractivity contribution in [3.05, 3.63) is 35.9 Å². The Kier molecular flexibility index (Phi) is 6.29. The van der Waals surface area contributed by atoms with Crippen LogP contribution in [0.1, 0.15) is 24.8 Å². The Labute approximate surface area is 111 Å². The summed E-state index contributed by atoms with van der Waals surface area (Å²) < 4.78 is 0. The van der Waals surface area contributed by atoms with E-state index in [0.717, 1.165) is 5.56 Å². The van der Waals surface area contributed by atoms with E-state index in [9.17, 15) is 14.4 Å². The van der Waals surface area contributed by atoms with Gasteiger partial charge in [0.25, 0.3) is 0 Å². The highest BCUT2D eigenvalue weighted by atomic mass is 16.4. The van der Waals surface area contributed by atoms with E-state index in [1.165, 1.54) is 0 Å². The average Bonchev–Trinajstić information content (AvgIpc) is 2.41. The van der Waals surface area contributed by atoms with E-state index < -0.39 is 5.97 Å². The Balaban J connectivity index is 2.17. The molecule has 2 N–H and O–H groups in total. The van der Waals surface area contributed by atoms with E-state index >= 15 is 0 Å². The maximum atomic E-state index is 11.5. The maximum absolute atomic E-state index is 11.5. The van der Waals surface area contributed by atoms with Gasteiger partial charge in [-0.25, -0.2) is 0 Å². The third kappa shape index (κ3) is 6.98. The molecule has 0 spiro atoms. The van der Waals surface area contributed by atoms with Crippen molar-refractivity contribution in [2.45, 2.75) is 25.7 Å². The summed E-state index contributed by atoms with van der Waals surface area (Å²) in [5, 5.41) is 10.9. The number of rotatable bonds is 8. The molecule has 1 aromatic rings. The van der Waals surface area contributed by atoms with Gasteiger partial charge in [-0.15, -0.1) is 0 Å². The van der Waals surface area contributed by atoms with Gasteiger partial charge in [0.2, 0.25) is 5.91 Å². The number of aryl methyl sites for hydroxylation is 1. The fourth-order valence-corrected chi connectivity index (χ4v) is 1.52. The van der Waals surface area contributed by atoms with Crippen LogP contribution in [0.4, 0.5) is 0 Å². The molecule has 0 aliphatic heterocycles. The van der Waals surface area contributed by atoms with E-state index in [1.54, 1.807) is 0 Å². The first-order chi connectivity index (χ1) is 9.08. The van der Waals surface area contributed by atoms with E-state index in [-0.39, 0.29) is 31.1 Å². The van der Waals surface area contributed by atoms with Gasteiger partial charge in [-0.1, -0.05) is 30.3 Å². The number of aliphatic carboxylic acids is 1. The molecule has 5 nitrogen and oxygen atoms in total. The summed E-state index contributed by atoms with van der Waals surface area (Å²) in [7, 11) is 0. The molecular formula is C14H17NO4. The molecule has 0 heterocycles. The molecule has 0 fully saturated rings. The first kappa shape index (κ1) is 14.9. The SMILES string of the molecule is O=C(O)CCC(=O)CNC(=O)CCc1ccccc1. The van der Waals surface area contributed by atoms with Crippen molar-refractivity contribution >= 4 is 17.7 Å². The van der Waals surface area contributed by atoms with Crippen LogP contribution in [0.15, 0.2) is 30.3 Å². The number of Topliss-reactive ketones (excluding diaryl/α,β-unsaturated/α-hetero) is 1. The fraction of sp³-hybridized carbons (Fsp3) is 0.357. The minimum absolute atomic E-state index is 0.0473. The van der Waals surface area contributed by atoms with E-state index in [0.29, 0.717) is 12.8 Å². The molecule has 1 aromatic carbocycles. The van der Waals surface area contributed by atoms with Gasteiger partial charge in [-0.05, 0) is 12.0 Å². The van der Waals surface area contributed by atoms with Crippen molar-refractivity contribution in [3.63, 3.8) is 0 Å². The van der Waals surface area contributed by atoms with Crippen LogP contribution in [0.5, 0.6) is 0 Å². The largest absolute Gasteiger partial charge is 0.481 e. The van der Waals surface area contributed by atoms with Crippen LogP contribution >= 0.6 is 0 Å². The molecule has 19 heavy (non-hydrogen) atoms. The number of benzene rings is 1. The van der Waals surface area contributed by atoms with E-state index in [2.05, 4.69) is 5.32 Å². The lowest BCUT2D eigenvalue weighted by Gasteiger charge is -2.04. The van der Waals surface area contributed by atoms with Crippen LogP contribution in [0, 0.1) is 0 Å². The summed E-state index contributed by atoms with van der Waals surface area (Å²) in [5.41, 5.74) is 1.06. The number of amides is 1. The van der Waals surface area contributed by atoms with Gasteiger partial charge in [0.1, 0.15) is 0 Å². The summed E-state index contributed by atoms with van der Waals surface area (Å²) in [6.45, 7) is -0.0963. The lowest BCUT2D eigenvalue weighted by molar-refractivity contribution is -0.138. The summed E-state index contributed by atoms with van der Waals surface area (Å²) in [5.74, 6) is -1.48. The third-order valence-corrected chi connectivity index (χ3v) is 2.58. The van der Waals surface area contributed by atoms with Crippen molar-refractivity contribution in [2.24, 2.45) is 0 Å². The Morgan fingerprint density at radius 1 is 1.00 bits per heavy atom. The molecule has 0 aliphatic carbocycles. The monoisotopic (exact) mass is 263 g/mol. The van der Waals surface area contributed by atoms with Crippen molar-refractivity contribution in [1.29, 1.82) is 0 Å². The average molecular weight is 263 g/mol. The minimum Gasteiger partial charge on any atom is -0.481 e. The second kappa shape index (κ2) is 8.02. The molecule has 0 aliphatic rings. The molecule has 102 valence electrons. The molecule has 0 aromatic heterocycles. The van der Waals surface area contributed by atoms with Crippen LogP contribution in [0.2, 0.25) is 0 Å². The van der Waals surface area contributed by atoms with Gasteiger partial charge < -0.3 is 10.4 Å². The molecular weight excluding hydrogens is 246 g/mol. The van der Waals surface area contributed by atoms with Gasteiger partial charge >= 0.3 is 5.97 Å². The van der Waals surface area contributed by atoms with Crippen molar-refractivity contribution < 1.29 is 19.5 Å². The minimum atomic E-state index is -1.01. The molecule has 5 heteroatoms. The molecule has 0 unspecified atom stereocenters. The lowest BCUT2D eigenvalue weighted by atomic mass is 10.1. The van der Waals surface area contributed by atoms with Crippen molar-refractivity contribution in [1.82, 2.24) is 5.32 Å². The van der Waals surface area contributed by atoms with Gasteiger partial charge in [-0.2, -0.15) is 0 Å². The Morgan fingerprint density at radius 3 is 2.32 bits per heavy atom. The van der Waals surface area contributed by atoms with Crippen LogP contribution in [0.25, 0.3) is 0 Å². The smallest absolute Gasteiger partial charge is 0.303 e. The molecule has 0 saturated heterocycles. The summed E-state index contributed by atoms with van der Waals surface area (Å²) in [4.78, 5) is 33.0. The summed E-state index contributed by atoms with van der Waals surface area (Å²) >= 11 is 0. The Hall–Kier alpha value is -2.17. The number of hydrogen-bond donors (Lipinski definition) is 2. The lowest BCUT2D eigenvalue weighted by Crippen LogP contribution is -2.29. The number of carbonyl (C=O) groups is 3. The number of carboxylic acid groups (broad SMARTS) is 1. The second-order valence-corrected chi connectivity index (χ2v) is 4.19. The maximum Gasteiger partial charge on any atom is 0.303 e. The number of ketones is 1. The highest BCUT2D eigenvalue weighted by molar-refractivity contribution is 5.87. The first-order valence-corrected chi connectivity index (χ1v) is 6.12. The topological polar surface area (TPSA) is 83.5 Å². The number of hydrogen-bond acceptors (Lipinski definition) is 3. The highest BCUT2D eigenvalue weighted by Crippen LogP contribution is 2.02. The predicted molar refractivity (Wildman–Crippen MR) is 69.6 cm³/mol. The first-order valence-electron chi connectivity index (χ1n) is 6.12. The number of carbonyl (C=O) groups excluding carboxylic acids is 2. The Bertz CT molecular complexity index is 442. The highest BCUT2D eigenvalue weighted by Gasteiger charge is 2.07. The third-order valence-electron chi connectivity index (χ3n) is 2.58. The predicted octanol–water partition coefficient (Wildman–Crippen LogP) is 1.17. The molecule has 0 atom stereocenters. The fourth-order valence-electron chi connectivity index (χ4n) is 1.52. The molecule has 1 rings (SSSR count). The van der Waals surface area contributed by atoms with Crippen molar-refractivity contribution in [3.8, 4) is 0 Å². The second-order valence-electron chi connectivity index (χ2n) is 4.19.